The number of nitrogens with zero attached hydrogens (tertiary/aromatic N) is 1. The van der Waals surface area contributed by atoms with E-state index in [1.165, 1.54) is 38.8 Å². The molecule has 2 unspecified atom stereocenters. The van der Waals surface area contributed by atoms with Gasteiger partial charge in [0.15, 0.2) is 0 Å². The Morgan fingerprint density at radius 1 is 1.14 bits per heavy atom. The Labute approximate surface area is 129 Å². The Balaban J connectivity index is 1.65. The van der Waals surface area contributed by atoms with Gasteiger partial charge in [-0.1, -0.05) is 38.1 Å². The number of nitrogens with one attached hydrogen (secondary N) is 1. The molecule has 1 aromatic carbocycles. The van der Waals surface area contributed by atoms with Crippen LogP contribution in [-0.2, 0) is 0 Å². The molecule has 1 aromatic rings. The number of hydrogen-bond donors (Lipinski definition) is 1. The first kappa shape index (κ1) is 15.1. The molecule has 1 fully saturated rings. The Morgan fingerprint density at radius 3 is 2.52 bits per heavy atom. The van der Waals surface area contributed by atoms with Gasteiger partial charge < -0.3 is 10.2 Å². The standard InChI is InChI=1S/C19H30N2/c1-15-8-9-18(17-7-5-4-6-16(15)17)20-14-19(2)10-12-21(3)13-11-19/h4-7,15,18,20H,8-14H2,1-3H3. The fourth-order valence-corrected chi connectivity index (χ4v) is 3.92. The zero-order valence-corrected chi connectivity index (χ0v) is 13.9. The summed E-state index contributed by atoms with van der Waals surface area (Å²) in [5.74, 6) is 0.721. The van der Waals surface area contributed by atoms with Gasteiger partial charge in [0.05, 0.1) is 0 Å². The lowest BCUT2D eigenvalue weighted by Gasteiger charge is -2.40. The molecule has 1 aliphatic carbocycles. The molecule has 0 bridgehead atoms. The number of likely N-dealkylation sites (tertiary alicyclic amines) is 1. The Kier molecular flexibility index (Phi) is 4.37. The molecular weight excluding hydrogens is 256 g/mol. The van der Waals surface area contributed by atoms with Crippen molar-refractivity contribution in [2.75, 3.05) is 26.7 Å². The molecule has 116 valence electrons. The molecule has 2 nitrogen and oxygen atoms in total. The summed E-state index contributed by atoms with van der Waals surface area (Å²) >= 11 is 0. The Morgan fingerprint density at radius 2 is 1.81 bits per heavy atom. The molecule has 2 heteroatoms. The summed E-state index contributed by atoms with van der Waals surface area (Å²) in [6.07, 6.45) is 5.24. The van der Waals surface area contributed by atoms with Gasteiger partial charge in [-0.15, -0.1) is 0 Å². The van der Waals surface area contributed by atoms with E-state index in [0.29, 0.717) is 11.5 Å². The van der Waals surface area contributed by atoms with Gasteiger partial charge in [0.2, 0.25) is 0 Å². The van der Waals surface area contributed by atoms with E-state index < -0.39 is 0 Å². The van der Waals surface area contributed by atoms with Gasteiger partial charge in [-0.05, 0) is 68.3 Å². The molecule has 0 amide bonds. The summed E-state index contributed by atoms with van der Waals surface area (Å²) in [5.41, 5.74) is 3.59. The highest BCUT2D eigenvalue weighted by molar-refractivity contribution is 5.34. The van der Waals surface area contributed by atoms with Gasteiger partial charge in [0, 0.05) is 12.6 Å². The van der Waals surface area contributed by atoms with Crippen LogP contribution in [0.1, 0.15) is 62.6 Å². The molecular formula is C19H30N2. The fraction of sp³-hybridized carbons (Fsp3) is 0.684. The normalized spacial score (nSPS) is 29.1. The lowest BCUT2D eigenvalue weighted by Crippen LogP contribution is -2.43. The average Bonchev–Trinajstić information content (AvgIpc) is 2.50. The average molecular weight is 286 g/mol. The van der Waals surface area contributed by atoms with E-state index in [4.69, 9.17) is 0 Å². The largest absolute Gasteiger partial charge is 0.309 e. The van der Waals surface area contributed by atoms with Crippen molar-refractivity contribution < 1.29 is 0 Å². The van der Waals surface area contributed by atoms with Crippen LogP contribution in [-0.4, -0.2) is 31.6 Å². The SMILES string of the molecule is CC1CCC(NCC2(C)CCN(C)CC2)c2ccccc21. The van der Waals surface area contributed by atoms with Crippen molar-refractivity contribution >= 4 is 0 Å². The van der Waals surface area contributed by atoms with Crippen LogP contribution in [0.5, 0.6) is 0 Å². The van der Waals surface area contributed by atoms with Gasteiger partial charge in [-0.25, -0.2) is 0 Å². The molecule has 0 radical (unpaired) electrons. The van der Waals surface area contributed by atoms with Crippen molar-refractivity contribution in [2.45, 2.75) is 51.5 Å². The van der Waals surface area contributed by atoms with Crippen molar-refractivity contribution in [1.82, 2.24) is 10.2 Å². The summed E-state index contributed by atoms with van der Waals surface area (Å²) in [6.45, 7) is 8.48. The highest BCUT2D eigenvalue weighted by Gasteiger charge is 2.31. The molecule has 1 aliphatic heterocycles. The van der Waals surface area contributed by atoms with Crippen LogP contribution >= 0.6 is 0 Å². The Bertz CT molecular complexity index is 474. The van der Waals surface area contributed by atoms with Gasteiger partial charge in [-0.2, -0.15) is 0 Å². The van der Waals surface area contributed by atoms with Crippen molar-refractivity contribution in [3.8, 4) is 0 Å². The van der Waals surface area contributed by atoms with Crippen molar-refractivity contribution in [3.63, 3.8) is 0 Å². The van der Waals surface area contributed by atoms with Gasteiger partial charge in [-0.3, -0.25) is 0 Å². The molecule has 1 N–H and O–H groups in total. The highest BCUT2D eigenvalue weighted by atomic mass is 15.1. The topological polar surface area (TPSA) is 15.3 Å². The predicted octanol–water partition coefficient (Wildman–Crippen LogP) is 3.95. The first-order chi connectivity index (χ1) is 10.1. The fourth-order valence-electron chi connectivity index (χ4n) is 3.92. The molecule has 1 heterocycles. The molecule has 2 aliphatic rings. The lowest BCUT2D eigenvalue weighted by molar-refractivity contribution is 0.132. The van der Waals surface area contributed by atoms with E-state index in [9.17, 15) is 0 Å². The minimum Gasteiger partial charge on any atom is -0.309 e. The molecule has 1 saturated heterocycles. The van der Waals surface area contributed by atoms with Gasteiger partial charge >= 0.3 is 0 Å². The highest BCUT2D eigenvalue weighted by Crippen LogP contribution is 2.38. The third-order valence-corrected chi connectivity index (χ3v) is 5.76. The van der Waals surface area contributed by atoms with Crippen molar-refractivity contribution in [3.05, 3.63) is 35.4 Å². The molecule has 21 heavy (non-hydrogen) atoms. The van der Waals surface area contributed by atoms with E-state index in [2.05, 4.69) is 55.4 Å². The van der Waals surface area contributed by atoms with Crippen molar-refractivity contribution in [1.29, 1.82) is 0 Å². The minimum absolute atomic E-state index is 0.477. The van der Waals surface area contributed by atoms with E-state index in [1.807, 2.05) is 0 Å². The maximum atomic E-state index is 3.90. The molecule has 0 spiro atoms. The maximum absolute atomic E-state index is 3.90. The maximum Gasteiger partial charge on any atom is 0.0323 e. The monoisotopic (exact) mass is 286 g/mol. The van der Waals surface area contributed by atoms with Crippen LogP contribution < -0.4 is 5.32 Å². The first-order valence-electron chi connectivity index (χ1n) is 8.58. The van der Waals surface area contributed by atoms with Crippen LogP contribution in [0.2, 0.25) is 0 Å². The number of rotatable bonds is 3. The third kappa shape index (κ3) is 3.32. The van der Waals surface area contributed by atoms with E-state index >= 15 is 0 Å². The smallest absolute Gasteiger partial charge is 0.0323 e. The molecule has 0 saturated carbocycles. The van der Waals surface area contributed by atoms with Crippen LogP contribution in [0.15, 0.2) is 24.3 Å². The van der Waals surface area contributed by atoms with Crippen LogP contribution in [0.3, 0.4) is 0 Å². The number of fused-ring (bicyclic) bond motifs is 1. The summed E-state index contributed by atoms with van der Waals surface area (Å²) in [7, 11) is 2.24. The van der Waals surface area contributed by atoms with Crippen LogP contribution in [0.4, 0.5) is 0 Å². The second kappa shape index (κ2) is 6.10. The summed E-state index contributed by atoms with van der Waals surface area (Å²) < 4.78 is 0. The molecule has 3 rings (SSSR count). The summed E-state index contributed by atoms with van der Waals surface area (Å²) in [5, 5.41) is 3.90. The second-order valence-electron chi connectivity index (χ2n) is 7.65. The van der Waals surface area contributed by atoms with E-state index in [0.717, 1.165) is 12.5 Å². The van der Waals surface area contributed by atoms with Gasteiger partial charge in [0.1, 0.15) is 0 Å². The van der Waals surface area contributed by atoms with Gasteiger partial charge in [0.25, 0.3) is 0 Å². The zero-order chi connectivity index (χ0) is 14.9. The van der Waals surface area contributed by atoms with Crippen molar-refractivity contribution in [2.24, 2.45) is 5.41 Å². The predicted molar refractivity (Wildman–Crippen MR) is 89.7 cm³/mol. The quantitative estimate of drug-likeness (QED) is 0.905. The van der Waals surface area contributed by atoms with Crippen LogP contribution in [0, 0.1) is 5.41 Å². The number of hydrogen-bond acceptors (Lipinski definition) is 2. The minimum atomic E-state index is 0.477. The zero-order valence-electron chi connectivity index (χ0n) is 13.9. The number of piperidine rings is 1. The molecule has 2 atom stereocenters. The Hall–Kier alpha value is -0.860. The van der Waals surface area contributed by atoms with E-state index in [1.54, 1.807) is 11.1 Å². The third-order valence-electron chi connectivity index (χ3n) is 5.76. The molecule has 0 aromatic heterocycles. The van der Waals surface area contributed by atoms with Crippen LogP contribution in [0.25, 0.3) is 0 Å². The summed E-state index contributed by atoms with van der Waals surface area (Å²) in [4.78, 5) is 2.46. The lowest BCUT2D eigenvalue weighted by atomic mass is 9.78. The summed E-state index contributed by atoms with van der Waals surface area (Å²) in [6, 6.07) is 9.61. The first-order valence-corrected chi connectivity index (χ1v) is 8.58. The number of benzene rings is 1. The second-order valence-corrected chi connectivity index (χ2v) is 7.65. The van der Waals surface area contributed by atoms with E-state index in [-0.39, 0.29) is 0 Å².